The second-order valence-corrected chi connectivity index (χ2v) is 3.75. The van der Waals surface area contributed by atoms with Gasteiger partial charge in [-0.15, -0.1) is 0 Å². The third kappa shape index (κ3) is 4.63. The molecule has 0 saturated heterocycles. The Bertz CT molecular complexity index is 403. The molecule has 0 amide bonds. The highest BCUT2D eigenvalue weighted by molar-refractivity contribution is 6.29. The number of hydrogen-bond acceptors (Lipinski definition) is 5. The lowest BCUT2D eigenvalue weighted by Gasteiger charge is -2.15. The minimum atomic E-state index is -4.68. The molecule has 0 spiro atoms. The van der Waals surface area contributed by atoms with Gasteiger partial charge in [0.2, 0.25) is 0 Å². The largest absolute Gasteiger partial charge is 0.416 e. The molecule has 0 aliphatic rings. The molecule has 1 heterocycles. The number of aromatic nitrogens is 2. The van der Waals surface area contributed by atoms with E-state index in [1.807, 2.05) is 0 Å². The number of methoxy groups -OCH3 is 1. The summed E-state index contributed by atoms with van der Waals surface area (Å²) in [5.41, 5.74) is 0. The molecular weight excluding hydrogens is 275 g/mol. The molecule has 18 heavy (non-hydrogen) atoms. The fourth-order valence-corrected chi connectivity index (χ4v) is 1.27. The van der Waals surface area contributed by atoms with Gasteiger partial charge in [-0.25, -0.2) is 9.97 Å². The number of nitrogens with one attached hydrogen (secondary N) is 1. The minimum absolute atomic E-state index is 0.0704. The monoisotopic (exact) mass is 285 g/mol. The first-order valence-corrected chi connectivity index (χ1v) is 5.21. The first kappa shape index (κ1) is 14.9. The van der Waals surface area contributed by atoms with Crippen LogP contribution in [0.1, 0.15) is 5.82 Å². The predicted molar refractivity (Wildman–Crippen MR) is 58.3 cm³/mol. The van der Waals surface area contributed by atoms with Crippen LogP contribution in [0.15, 0.2) is 6.07 Å². The Morgan fingerprint density at radius 3 is 2.72 bits per heavy atom. The molecule has 2 N–H and O–H groups in total. The molecule has 5 nitrogen and oxygen atoms in total. The third-order valence-electron chi connectivity index (χ3n) is 1.87. The van der Waals surface area contributed by atoms with Crippen molar-refractivity contribution in [2.45, 2.75) is 18.9 Å². The van der Waals surface area contributed by atoms with Crippen molar-refractivity contribution in [3.8, 4) is 0 Å². The van der Waals surface area contributed by atoms with E-state index in [9.17, 15) is 13.2 Å². The summed E-state index contributed by atoms with van der Waals surface area (Å²) in [6.45, 7) is -0.639. The first-order chi connectivity index (χ1) is 8.32. The van der Waals surface area contributed by atoms with E-state index >= 15 is 0 Å². The molecule has 0 saturated carbocycles. The van der Waals surface area contributed by atoms with Crippen LogP contribution in [0.4, 0.5) is 19.0 Å². The summed E-state index contributed by atoms with van der Waals surface area (Å²) in [7, 11) is 1.42. The van der Waals surface area contributed by atoms with Gasteiger partial charge in [0.15, 0.2) is 11.9 Å². The summed E-state index contributed by atoms with van der Waals surface area (Å²) in [5.74, 6) is 0.319. The molecule has 1 atom stereocenters. The lowest BCUT2D eigenvalue weighted by molar-refractivity contribution is -0.198. The number of alkyl halides is 3. The van der Waals surface area contributed by atoms with Gasteiger partial charge >= 0.3 is 6.18 Å². The predicted octanol–water partition coefficient (Wildman–Crippen LogP) is 1.61. The highest BCUT2D eigenvalue weighted by Gasteiger charge is 2.37. The summed E-state index contributed by atoms with van der Waals surface area (Å²) in [6.07, 6.45) is -7.16. The zero-order valence-corrected chi connectivity index (χ0v) is 10.1. The van der Waals surface area contributed by atoms with Gasteiger partial charge in [-0.05, 0) is 0 Å². The number of hydrogen-bond donors (Lipinski definition) is 2. The fourth-order valence-electron chi connectivity index (χ4n) is 1.07. The number of aliphatic hydroxyl groups is 1. The van der Waals surface area contributed by atoms with Gasteiger partial charge in [-0.1, -0.05) is 11.6 Å². The van der Waals surface area contributed by atoms with Crippen molar-refractivity contribution in [2.24, 2.45) is 0 Å². The number of nitrogens with zero attached hydrogens (tertiary/aromatic N) is 2. The van der Waals surface area contributed by atoms with Crippen molar-refractivity contribution >= 4 is 17.4 Å². The van der Waals surface area contributed by atoms with Gasteiger partial charge in [0.1, 0.15) is 17.6 Å². The highest BCUT2D eigenvalue weighted by Crippen LogP contribution is 2.20. The van der Waals surface area contributed by atoms with Crippen molar-refractivity contribution in [3.63, 3.8) is 0 Å². The zero-order chi connectivity index (χ0) is 13.8. The van der Waals surface area contributed by atoms with Crippen molar-refractivity contribution in [1.29, 1.82) is 0 Å². The maximum atomic E-state index is 12.1. The van der Waals surface area contributed by atoms with Crippen LogP contribution in [0.5, 0.6) is 0 Å². The average Bonchev–Trinajstić information content (AvgIpc) is 2.24. The molecule has 102 valence electrons. The molecule has 9 heteroatoms. The normalized spacial score (nSPS) is 13.4. The van der Waals surface area contributed by atoms with Gasteiger partial charge in [0, 0.05) is 13.2 Å². The minimum Gasteiger partial charge on any atom is -0.382 e. The Balaban J connectivity index is 2.67. The van der Waals surface area contributed by atoms with E-state index < -0.39 is 18.8 Å². The first-order valence-electron chi connectivity index (χ1n) is 4.84. The topological polar surface area (TPSA) is 67.3 Å². The average molecular weight is 286 g/mol. The van der Waals surface area contributed by atoms with Crippen molar-refractivity contribution in [2.75, 3.05) is 19.0 Å². The highest BCUT2D eigenvalue weighted by atomic mass is 35.5. The van der Waals surface area contributed by atoms with E-state index in [4.69, 9.17) is 21.4 Å². The van der Waals surface area contributed by atoms with E-state index in [1.54, 1.807) is 0 Å². The van der Waals surface area contributed by atoms with Gasteiger partial charge in [-0.3, -0.25) is 0 Å². The molecule has 1 aromatic rings. The zero-order valence-electron chi connectivity index (χ0n) is 9.33. The van der Waals surface area contributed by atoms with Crippen molar-refractivity contribution < 1.29 is 23.0 Å². The summed E-state index contributed by atoms with van der Waals surface area (Å²) in [5, 5.41) is 11.2. The fraction of sp³-hybridized carbons (Fsp3) is 0.556. The molecule has 0 radical (unpaired) electrons. The lowest BCUT2D eigenvalue weighted by Crippen LogP contribution is -2.35. The molecule has 0 bridgehead atoms. The molecule has 0 fully saturated rings. The lowest BCUT2D eigenvalue weighted by atomic mass is 10.3. The Kier molecular flexibility index (Phi) is 5.12. The molecule has 1 rings (SSSR count). The van der Waals surface area contributed by atoms with Crippen LogP contribution in [-0.4, -0.2) is 41.0 Å². The van der Waals surface area contributed by atoms with E-state index in [2.05, 4.69) is 15.3 Å². The van der Waals surface area contributed by atoms with Crippen LogP contribution in [0.25, 0.3) is 0 Å². The van der Waals surface area contributed by atoms with E-state index in [-0.39, 0.29) is 23.4 Å². The van der Waals surface area contributed by atoms with Crippen LogP contribution in [0.3, 0.4) is 0 Å². The summed E-state index contributed by atoms with van der Waals surface area (Å²) < 4.78 is 41.0. The second-order valence-electron chi connectivity index (χ2n) is 3.36. The number of aliphatic hydroxyl groups excluding tert-OH is 1. The SMILES string of the molecule is COCc1nc(Cl)cc(NCC(O)C(F)(F)F)n1. The Labute approximate surface area is 106 Å². The van der Waals surface area contributed by atoms with Gasteiger partial charge in [0.05, 0.1) is 6.54 Å². The maximum Gasteiger partial charge on any atom is 0.416 e. The molecule has 1 aromatic heterocycles. The van der Waals surface area contributed by atoms with Gasteiger partial charge < -0.3 is 15.2 Å². The number of rotatable bonds is 5. The van der Waals surface area contributed by atoms with Crippen molar-refractivity contribution in [3.05, 3.63) is 17.0 Å². The van der Waals surface area contributed by atoms with Crippen LogP contribution in [0, 0.1) is 0 Å². The van der Waals surface area contributed by atoms with Crippen LogP contribution in [0.2, 0.25) is 5.15 Å². The van der Waals surface area contributed by atoms with Crippen LogP contribution >= 0.6 is 11.6 Å². The number of anilines is 1. The summed E-state index contributed by atoms with van der Waals surface area (Å²) >= 11 is 5.66. The Morgan fingerprint density at radius 1 is 1.50 bits per heavy atom. The Hall–Kier alpha value is -1.12. The molecule has 0 aliphatic carbocycles. The smallest absolute Gasteiger partial charge is 0.382 e. The molecule has 1 unspecified atom stereocenters. The van der Waals surface area contributed by atoms with Crippen molar-refractivity contribution in [1.82, 2.24) is 9.97 Å². The van der Waals surface area contributed by atoms with E-state index in [1.165, 1.54) is 13.2 Å². The quantitative estimate of drug-likeness (QED) is 0.805. The van der Waals surface area contributed by atoms with Crippen LogP contribution < -0.4 is 5.32 Å². The standard InChI is InChI=1S/C9H11ClF3N3O2/c1-18-4-8-15-6(10)2-7(16-8)14-3-5(17)9(11,12)13/h2,5,17H,3-4H2,1H3,(H,14,15,16). The molecular formula is C9H11ClF3N3O2. The van der Waals surface area contributed by atoms with Crippen LogP contribution in [-0.2, 0) is 11.3 Å². The third-order valence-corrected chi connectivity index (χ3v) is 2.06. The van der Waals surface area contributed by atoms with E-state index in [0.29, 0.717) is 0 Å². The maximum absolute atomic E-state index is 12.1. The molecule has 0 aromatic carbocycles. The molecule has 0 aliphatic heterocycles. The number of ether oxygens (including phenoxy) is 1. The van der Waals surface area contributed by atoms with E-state index in [0.717, 1.165) is 0 Å². The Morgan fingerprint density at radius 2 is 2.17 bits per heavy atom. The second kappa shape index (κ2) is 6.17. The van der Waals surface area contributed by atoms with Gasteiger partial charge in [0.25, 0.3) is 0 Å². The summed E-state index contributed by atoms with van der Waals surface area (Å²) in [6, 6.07) is 1.25. The summed E-state index contributed by atoms with van der Waals surface area (Å²) in [4.78, 5) is 7.67. The number of halogens is 4. The van der Waals surface area contributed by atoms with Gasteiger partial charge in [-0.2, -0.15) is 13.2 Å².